The molecule has 0 fully saturated rings. The molecule has 1 unspecified atom stereocenters. The van der Waals surface area contributed by atoms with E-state index in [-0.39, 0.29) is 28.7 Å². The first-order valence-electron chi connectivity index (χ1n) is 29.6. The second-order valence-corrected chi connectivity index (χ2v) is 30.4. The van der Waals surface area contributed by atoms with Crippen molar-refractivity contribution in [1.82, 2.24) is 17.5 Å². The second kappa shape index (κ2) is 27.5. The van der Waals surface area contributed by atoms with Gasteiger partial charge in [0, 0.05) is 48.2 Å². The lowest BCUT2D eigenvalue weighted by Gasteiger charge is -2.31. The predicted molar refractivity (Wildman–Crippen MR) is 341 cm³/mol. The van der Waals surface area contributed by atoms with Crippen LogP contribution >= 0.6 is 68.8 Å². The number of aryl methyl sites for hydroxylation is 2. The molecule has 6 aromatic heterocycles. The fourth-order valence-corrected chi connectivity index (χ4v) is 17.2. The fraction of sp³-hybridized carbons (Fsp3) is 0.569. The first-order chi connectivity index (χ1) is 38.5. The molecule has 0 radical (unpaired) electrons. The van der Waals surface area contributed by atoms with Crippen molar-refractivity contribution in [3.05, 3.63) is 79.5 Å². The summed E-state index contributed by atoms with van der Waals surface area (Å²) in [5.41, 5.74) is 2.13. The fourth-order valence-electron chi connectivity index (χ4n) is 10.9. The zero-order chi connectivity index (χ0) is 58.5. The van der Waals surface area contributed by atoms with E-state index < -0.39 is 34.5 Å². The van der Waals surface area contributed by atoms with E-state index in [2.05, 4.69) is 79.0 Å². The number of aromatic nitrogens is 4. The quantitative estimate of drug-likeness (QED) is 0.0497. The van der Waals surface area contributed by atoms with Crippen molar-refractivity contribution >= 4 is 90.9 Å². The lowest BCUT2D eigenvalue weighted by atomic mass is 9.93. The Morgan fingerprint density at radius 1 is 0.469 bits per heavy atom. The predicted octanol–water partition coefficient (Wildman–Crippen LogP) is 23.5. The minimum Gasteiger partial charge on any atom is -0.482 e. The van der Waals surface area contributed by atoms with Crippen LogP contribution in [-0.4, -0.2) is 17.5 Å². The molecule has 2 aromatic carbocycles. The summed E-state index contributed by atoms with van der Waals surface area (Å²) in [4.78, 5) is 6.45. The van der Waals surface area contributed by atoms with Crippen molar-refractivity contribution < 1.29 is 27.0 Å². The number of rotatable bonds is 22. The van der Waals surface area contributed by atoms with Gasteiger partial charge in [0.15, 0.2) is 23.3 Å². The van der Waals surface area contributed by atoms with E-state index in [4.69, 9.17) is 9.47 Å². The van der Waals surface area contributed by atoms with Crippen LogP contribution in [0.25, 0.3) is 62.5 Å². The summed E-state index contributed by atoms with van der Waals surface area (Å²) >= 11 is 7.54. The Balaban J connectivity index is 0.000000255. The van der Waals surface area contributed by atoms with Gasteiger partial charge < -0.3 is 9.47 Å². The number of halogens is 4. The smallest absolute Gasteiger partial charge is 0.170 e. The number of hydrogen-bond acceptors (Lipinski definition) is 12. The van der Waals surface area contributed by atoms with E-state index in [0.717, 1.165) is 87.5 Å². The Morgan fingerprint density at radius 2 is 0.938 bits per heavy atom. The van der Waals surface area contributed by atoms with Crippen LogP contribution < -0.4 is 9.47 Å². The molecule has 10 rings (SSSR count). The van der Waals surface area contributed by atoms with Gasteiger partial charge in [0.25, 0.3) is 0 Å². The summed E-state index contributed by atoms with van der Waals surface area (Å²) in [5.74, 6) is 0.877. The molecule has 0 saturated heterocycles. The molecule has 2 aliphatic rings. The highest BCUT2D eigenvalue weighted by Gasteiger charge is 2.39. The molecule has 440 valence electrons. The monoisotopic (exact) mass is 1220 g/mol. The highest BCUT2D eigenvalue weighted by atomic mass is 32.1. The first kappa shape index (κ1) is 63.2. The Kier molecular flexibility index (Phi) is 21.5. The van der Waals surface area contributed by atoms with Gasteiger partial charge in [0.2, 0.25) is 0 Å². The molecule has 8 aromatic rings. The van der Waals surface area contributed by atoms with Crippen LogP contribution in [0, 0.1) is 60.8 Å². The van der Waals surface area contributed by atoms with E-state index in [9.17, 15) is 0 Å². The van der Waals surface area contributed by atoms with Gasteiger partial charge in [-0.1, -0.05) is 158 Å². The molecule has 0 spiro atoms. The van der Waals surface area contributed by atoms with E-state index in [1.807, 2.05) is 40.7 Å². The van der Waals surface area contributed by atoms with Crippen molar-refractivity contribution in [1.29, 1.82) is 0 Å². The van der Waals surface area contributed by atoms with Crippen molar-refractivity contribution in [3.63, 3.8) is 0 Å². The Morgan fingerprint density at radius 3 is 1.49 bits per heavy atom. The SMILES string of the molecule is CC(C)CCCC(C)CCC(C)C.CCCCCCCCCCCCC(C)C.Cc1cc2c(s1)-c1sc(-c3c(F)c(F)c(Cc4cc5c(s4)-c4sc(-c6c(F)c(F)c(C)c7nsnc67)cc4OC5(C)C)c4nsnc34)cc1OC2(C)C. The molecule has 8 heterocycles. The summed E-state index contributed by atoms with van der Waals surface area (Å²) < 4.78 is 93.6. The van der Waals surface area contributed by atoms with Crippen LogP contribution in [-0.2, 0) is 17.6 Å². The molecule has 2 aliphatic heterocycles. The zero-order valence-corrected chi connectivity index (χ0v) is 55.1. The number of benzene rings is 2. The molecule has 0 amide bonds. The van der Waals surface area contributed by atoms with Gasteiger partial charge in [-0.25, -0.2) is 17.6 Å². The average Bonchev–Trinajstić information content (AvgIpc) is 4.49. The maximum atomic E-state index is 16.4. The maximum absolute atomic E-state index is 16.4. The maximum Gasteiger partial charge on any atom is 0.170 e. The topological polar surface area (TPSA) is 70.0 Å². The first-order valence-corrected chi connectivity index (χ1v) is 34.4. The van der Waals surface area contributed by atoms with Gasteiger partial charge in [0.05, 0.1) is 54.1 Å². The van der Waals surface area contributed by atoms with E-state index in [1.165, 1.54) is 144 Å². The van der Waals surface area contributed by atoms with E-state index in [1.54, 1.807) is 23.5 Å². The third-order valence-corrected chi connectivity index (χ3v) is 21.5. The molecule has 16 heteroatoms. The largest absolute Gasteiger partial charge is 0.482 e. The van der Waals surface area contributed by atoms with E-state index in [0.29, 0.717) is 43.3 Å². The number of ether oxygens (including phenoxy) is 2. The number of thiophene rings is 4. The van der Waals surface area contributed by atoms with Gasteiger partial charge >= 0.3 is 0 Å². The lowest BCUT2D eigenvalue weighted by Crippen LogP contribution is -2.27. The molecular formula is C65H84F4N4O2S6. The van der Waals surface area contributed by atoms with Crippen molar-refractivity contribution in [2.75, 3.05) is 0 Å². The molecule has 1 atom stereocenters. The average molecular weight is 1220 g/mol. The Bertz CT molecular complexity index is 3390. The van der Waals surface area contributed by atoms with Gasteiger partial charge in [0.1, 0.15) is 44.8 Å². The van der Waals surface area contributed by atoms with E-state index >= 15 is 17.6 Å². The minimum atomic E-state index is -0.986. The van der Waals surface area contributed by atoms with Crippen LogP contribution in [0.4, 0.5) is 17.6 Å². The Hall–Kier alpha value is -3.80. The molecule has 0 N–H and O–H groups in total. The van der Waals surface area contributed by atoms with Crippen LogP contribution in [0.2, 0.25) is 0 Å². The van der Waals surface area contributed by atoms with Gasteiger partial charge in [-0.05, 0) is 89.5 Å². The summed E-state index contributed by atoms with van der Waals surface area (Å²) in [5, 5.41) is 0. The van der Waals surface area contributed by atoms with Crippen LogP contribution in [0.3, 0.4) is 0 Å². The van der Waals surface area contributed by atoms with Crippen LogP contribution in [0.15, 0.2) is 24.3 Å². The third kappa shape index (κ3) is 14.7. The summed E-state index contributed by atoms with van der Waals surface area (Å²) in [6.07, 6.45) is 23.2. The molecule has 6 nitrogen and oxygen atoms in total. The lowest BCUT2D eigenvalue weighted by molar-refractivity contribution is 0.107. The Labute approximate surface area is 504 Å². The van der Waals surface area contributed by atoms with Crippen LogP contribution in [0.1, 0.15) is 218 Å². The number of unbranched alkanes of at least 4 members (excludes halogenated alkanes) is 9. The molecular weight excluding hydrogens is 1140 g/mol. The van der Waals surface area contributed by atoms with Crippen molar-refractivity contribution in [3.8, 4) is 51.9 Å². The molecule has 0 saturated carbocycles. The van der Waals surface area contributed by atoms with Crippen molar-refractivity contribution in [2.24, 2.45) is 23.7 Å². The van der Waals surface area contributed by atoms with Crippen LogP contribution in [0.5, 0.6) is 11.5 Å². The molecule has 0 aliphatic carbocycles. The number of hydrogen-bond donors (Lipinski definition) is 0. The standard InChI is InChI=1S/C37H24F4N4O2S6.C15H32.C13H28/c1-12-7-16-32(48-12)34-18(46-36(16,3)4)10-21(50-34)23-27(41)25(39)15(29-31(23)45-53-43-29)8-14-9-17-33(49-14)35-19(47-37(17,5)6)11-20(51-35)22-26(40)24(38)13(2)28-30(22)44-52-42-28;1-4-5-6-7-8-9-10-11-12-13-14-15(2)3;1-11(2)7-6-8-13(5)10-9-12(3)4/h7,9-11H,8H2,1-6H3;15H,4-14H2,1-3H3;11-13H,6-10H2,1-5H3. The number of fused-ring (bicyclic) bond motifs is 8. The second-order valence-electron chi connectivity index (χ2n) is 24.9. The summed E-state index contributed by atoms with van der Waals surface area (Å²) in [7, 11) is 0. The highest BCUT2D eigenvalue weighted by Crippen LogP contribution is 2.57. The number of nitrogens with zero attached hydrogens (tertiary/aromatic N) is 4. The molecule has 0 bridgehead atoms. The molecule has 81 heavy (non-hydrogen) atoms. The van der Waals surface area contributed by atoms with Gasteiger partial charge in [-0.15, -0.1) is 45.3 Å². The third-order valence-electron chi connectivity index (χ3n) is 15.7. The normalized spacial score (nSPS) is 14.3. The highest BCUT2D eigenvalue weighted by molar-refractivity contribution is 7.25. The summed E-state index contributed by atoms with van der Waals surface area (Å²) in [6.45, 7) is 30.0. The summed E-state index contributed by atoms with van der Waals surface area (Å²) in [6, 6.07) is 7.56. The minimum absolute atomic E-state index is 0.0415. The van der Waals surface area contributed by atoms with Gasteiger partial charge in [-0.2, -0.15) is 17.5 Å². The van der Waals surface area contributed by atoms with Gasteiger partial charge in [-0.3, -0.25) is 0 Å². The zero-order valence-electron chi connectivity index (χ0n) is 50.2. The van der Waals surface area contributed by atoms with Crippen molar-refractivity contribution in [2.45, 2.75) is 217 Å².